The molecule has 0 aromatic carbocycles. The van der Waals surface area contributed by atoms with Crippen molar-refractivity contribution in [2.75, 3.05) is 33.2 Å². The number of allylic oxidation sites excluding steroid dienone is 1. The average Bonchev–Trinajstić information content (AvgIpc) is 2.30. The summed E-state index contributed by atoms with van der Waals surface area (Å²) in [5, 5.41) is 0. The van der Waals surface area contributed by atoms with Crippen LogP contribution < -0.4 is 0 Å². The van der Waals surface area contributed by atoms with Gasteiger partial charge in [0.2, 0.25) is 5.91 Å². The fourth-order valence-corrected chi connectivity index (χ4v) is 1.68. The number of carbonyl (C=O) groups is 2. The number of carbonyl (C=O) groups excluding carboxylic acids is 2. The molecule has 1 rings (SSSR count). The molecule has 1 aliphatic heterocycles. The molecule has 96 valence electrons. The molecule has 1 aliphatic rings. The largest absolute Gasteiger partial charge is 0.337 e. The predicted molar refractivity (Wildman–Crippen MR) is 67.7 cm³/mol. The first-order valence-corrected chi connectivity index (χ1v) is 6.21. The highest BCUT2D eigenvalue weighted by molar-refractivity contribution is 5.91. The van der Waals surface area contributed by atoms with Gasteiger partial charge in [-0.05, 0) is 19.5 Å². The summed E-state index contributed by atoms with van der Waals surface area (Å²) >= 11 is 0. The second kappa shape index (κ2) is 6.55. The first-order chi connectivity index (χ1) is 8.04. The molecule has 0 radical (unpaired) electrons. The van der Waals surface area contributed by atoms with Gasteiger partial charge in [0.15, 0.2) is 5.78 Å². The van der Waals surface area contributed by atoms with Gasteiger partial charge >= 0.3 is 0 Å². The minimum absolute atomic E-state index is 0.0782. The Bertz CT molecular complexity index is 313. The lowest BCUT2D eigenvalue weighted by molar-refractivity contribution is -0.134. The van der Waals surface area contributed by atoms with Crippen LogP contribution in [0.2, 0.25) is 0 Å². The summed E-state index contributed by atoms with van der Waals surface area (Å²) in [6.07, 6.45) is 4.27. The van der Waals surface area contributed by atoms with Crippen molar-refractivity contribution in [1.29, 1.82) is 0 Å². The smallest absolute Gasteiger partial charge is 0.237 e. The van der Waals surface area contributed by atoms with Crippen LogP contribution in [0.1, 0.15) is 20.3 Å². The van der Waals surface area contributed by atoms with E-state index >= 15 is 0 Å². The maximum atomic E-state index is 11.6. The normalized spacial score (nSPS) is 19.9. The van der Waals surface area contributed by atoms with E-state index in [0.29, 0.717) is 13.1 Å². The van der Waals surface area contributed by atoms with Crippen molar-refractivity contribution in [2.24, 2.45) is 5.92 Å². The zero-order chi connectivity index (χ0) is 12.8. The summed E-state index contributed by atoms with van der Waals surface area (Å²) in [4.78, 5) is 27.0. The van der Waals surface area contributed by atoms with Crippen LogP contribution in [0.4, 0.5) is 0 Å². The van der Waals surface area contributed by atoms with Crippen molar-refractivity contribution in [3.63, 3.8) is 0 Å². The average molecular weight is 238 g/mol. The van der Waals surface area contributed by atoms with Crippen LogP contribution >= 0.6 is 0 Å². The van der Waals surface area contributed by atoms with Crippen LogP contribution in [0.15, 0.2) is 12.2 Å². The van der Waals surface area contributed by atoms with Crippen LogP contribution in [0, 0.1) is 5.92 Å². The minimum Gasteiger partial charge on any atom is -0.337 e. The van der Waals surface area contributed by atoms with Crippen LogP contribution in [0.3, 0.4) is 0 Å². The molecule has 0 saturated carbocycles. The van der Waals surface area contributed by atoms with Gasteiger partial charge in [-0.2, -0.15) is 0 Å². The summed E-state index contributed by atoms with van der Waals surface area (Å²) < 4.78 is 0. The second-order valence-corrected chi connectivity index (χ2v) is 4.69. The Balaban J connectivity index is 2.38. The maximum absolute atomic E-state index is 11.6. The van der Waals surface area contributed by atoms with E-state index in [1.807, 2.05) is 25.8 Å². The molecule has 0 aromatic rings. The molecule has 1 unspecified atom stereocenters. The van der Waals surface area contributed by atoms with Crippen LogP contribution in [0.5, 0.6) is 0 Å². The van der Waals surface area contributed by atoms with Crippen molar-refractivity contribution in [3.8, 4) is 0 Å². The number of hydrogen-bond acceptors (Lipinski definition) is 3. The van der Waals surface area contributed by atoms with E-state index < -0.39 is 0 Å². The Kier molecular flexibility index (Phi) is 5.35. The molecule has 4 heteroatoms. The van der Waals surface area contributed by atoms with Crippen molar-refractivity contribution < 1.29 is 9.59 Å². The van der Waals surface area contributed by atoms with Crippen LogP contribution in [0.25, 0.3) is 0 Å². The third kappa shape index (κ3) is 4.30. The number of hydrogen-bond donors (Lipinski definition) is 0. The molecule has 0 aromatic heterocycles. The monoisotopic (exact) mass is 238 g/mol. The Morgan fingerprint density at radius 3 is 2.76 bits per heavy atom. The quantitative estimate of drug-likeness (QED) is 0.669. The number of ketones is 1. The van der Waals surface area contributed by atoms with E-state index in [1.165, 1.54) is 0 Å². The standard InChI is InChI=1S/C13H22N2O2/c1-4-11(2)12(16)6-5-7-15-9-8-14(3)10-13(15)17/h5-6,11H,4,7-10H2,1-3H3/b6-5+. The van der Waals surface area contributed by atoms with Gasteiger partial charge in [-0.25, -0.2) is 0 Å². The van der Waals surface area contributed by atoms with Gasteiger partial charge in [0.1, 0.15) is 0 Å². The van der Waals surface area contributed by atoms with Crippen molar-refractivity contribution in [1.82, 2.24) is 9.80 Å². The third-order valence-corrected chi connectivity index (χ3v) is 3.22. The first-order valence-electron chi connectivity index (χ1n) is 6.21. The predicted octanol–water partition coefficient (Wildman–Crippen LogP) is 0.932. The van der Waals surface area contributed by atoms with E-state index in [9.17, 15) is 9.59 Å². The topological polar surface area (TPSA) is 40.6 Å². The first kappa shape index (κ1) is 13.9. The summed E-state index contributed by atoms with van der Waals surface area (Å²) in [6, 6.07) is 0. The van der Waals surface area contributed by atoms with Crippen LogP contribution in [-0.2, 0) is 9.59 Å². The highest BCUT2D eigenvalue weighted by atomic mass is 16.2. The highest BCUT2D eigenvalue weighted by Crippen LogP contribution is 2.04. The summed E-state index contributed by atoms with van der Waals surface area (Å²) in [5.41, 5.74) is 0. The van der Waals surface area contributed by atoms with E-state index in [-0.39, 0.29) is 17.6 Å². The zero-order valence-corrected chi connectivity index (χ0v) is 11.0. The molecule has 0 spiro atoms. The molecule has 1 saturated heterocycles. The Hall–Kier alpha value is -1.16. The molecule has 4 nitrogen and oxygen atoms in total. The lowest BCUT2D eigenvalue weighted by Crippen LogP contribution is -2.48. The van der Waals surface area contributed by atoms with Gasteiger partial charge in [0.05, 0.1) is 6.54 Å². The van der Waals surface area contributed by atoms with E-state index in [4.69, 9.17) is 0 Å². The lowest BCUT2D eigenvalue weighted by atomic mass is 10.0. The molecular weight excluding hydrogens is 216 g/mol. The van der Waals surface area contributed by atoms with Crippen LogP contribution in [-0.4, -0.2) is 54.7 Å². The van der Waals surface area contributed by atoms with Gasteiger partial charge < -0.3 is 4.90 Å². The molecule has 0 N–H and O–H groups in total. The van der Waals surface area contributed by atoms with Gasteiger partial charge in [0.25, 0.3) is 0 Å². The third-order valence-electron chi connectivity index (χ3n) is 3.22. The van der Waals surface area contributed by atoms with Crippen molar-refractivity contribution in [3.05, 3.63) is 12.2 Å². The van der Waals surface area contributed by atoms with Crippen molar-refractivity contribution >= 4 is 11.7 Å². The van der Waals surface area contributed by atoms with Crippen molar-refractivity contribution in [2.45, 2.75) is 20.3 Å². The van der Waals surface area contributed by atoms with Gasteiger partial charge in [-0.1, -0.05) is 19.9 Å². The fourth-order valence-electron chi connectivity index (χ4n) is 1.68. The maximum Gasteiger partial charge on any atom is 0.237 e. The number of amides is 1. The zero-order valence-electron chi connectivity index (χ0n) is 11.0. The molecule has 0 aliphatic carbocycles. The molecule has 1 amide bonds. The second-order valence-electron chi connectivity index (χ2n) is 4.69. The van der Waals surface area contributed by atoms with Gasteiger partial charge in [-0.3, -0.25) is 14.5 Å². The molecule has 1 heterocycles. The van der Waals surface area contributed by atoms with E-state index in [1.54, 1.807) is 17.1 Å². The van der Waals surface area contributed by atoms with E-state index in [2.05, 4.69) is 0 Å². The molecular formula is C13H22N2O2. The fraction of sp³-hybridized carbons (Fsp3) is 0.692. The van der Waals surface area contributed by atoms with Gasteiger partial charge in [0, 0.05) is 25.6 Å². The summed E-state index contributed by atoms with van der Waals surface area (Å²) in [7, 11) is 1.94. The summed E-state index contributed by atoms with van der Waals surface area (Å²) in [5.74, 6) is 0.364. The lowest BCUT2D eigenvalue weighted by Gasteiger charge is -2.31. The SMILES string of the molecule is CCC(C)C(=O)/C=C/CN1CCN(C)CC1=O. The molecule has 1 atom stereocenters. The number of likely N-dealkylation sites (N-methyl/N-ethyl adjacent to an activating group) is 1. The summed E-state index contributed by atoms with van der Waals surface area (Å²) in [6.45, 7) is 6.60. The van der Waals surface area contributed by atoms with E-state index in [0.717, 1.165) is 19.5 Å². The molecule has 1 fully saturated rings. The Morgan fingerprint density at radius 1 is 1.47 bits per heavy atom. The number of piperazine rings is 1. The highest BCUT2D eigenvalue weighted by Gasteiger charge is 2.20. The Morgan fingerprint density at radius 2 is 2.18 bits per heavy atom. The minimum atomic E-state index is 0.0782. The number of rotatable bonds is 5. The molecule has 0 bridgehead atoms. The Labute approximate surface area is 103 Å². The molecule has 17 heavy (non-hydrogen) atoms. The van der Waals surface area contributed by atoms with Gasteiger partial charge in [-0.15, -0.1) is 0 Å². The number of nitrogens with zero attached hydrogens (tertiary/aromatic N) is 2.